The van der Waals surface area contributed by atoms with Gasteiger partial charge in [-0.3, -0.25) is 4.79 Å². The van der Waals surface area contributed by atoms with Crippen LogP contribution in [0.5, 0.6) is 0 Å². The SMILES string of the molecule is CN(CCO)CCC1CCCC1=O. The van der Waals surface area contributed by atoms with Crippen LogP contribution in [0.2, 0.25) is 0 Å². The van der Waals surface area contributed by atoms with E-state index < -0.39 is 0 Å². The molecule has 0 amide bonds. The molecule has 0 aliphatic heterocycles. The maximum Gasteiger partial charge on any atom is 0.136 e. The highest BCUT2D eigenvalue weighted by Crippen LogP contribution is 2.24. The standard InChI is InChI=1S/C10H19NO2/c1-11(7-8-12)6-5-9-3-2-4-10(9)13/h9,12H,2-8H2,1H3. The smallest absolute Gasteiger partial charge is 0.136 e. The molecule has 3 heteroatoms. The van der Waals surface area contributed by atoms with Gasteiger partial charge in [0, 0.05) is 18.9 Å². The summed E-state index contributed by atoms with van der Waals surface area (Å²) in [6, 6.07) is 0. The van der Waals surface area contributed by atoms with Crippen molar-refractivity contribution in [3.63, 3.8) is 0 Å². The van der Waals surface area contributed by atoms with Gasteiger partial charge in [-0.1, -0.05) is 0 Å². The van der Waals surface area contributed by atoms with Crippen LogP contribution in [0.25, 0.3) is 0 Å². The Kier molecular flexibility index (Phi) is 4.39. The Morgan fingerprint density at radius 3 is 2.85 bits per heavy atom. The monoisotopic (exact) mass is 185 g/mol. The second kappa shape index (κ2) is 5.35. The molecule has 0 saturated heterocycles. The number of nitrogens with zero attached hydrogens (tertiary/aromatic N) is 1. The number of hydrogen-bond acceptors (Lipinski definition) is 3. The van der Waals surface area contributed by atoms with E-state index in [2.05, 4.69) is 4.90 Å². The molecule has 1 N–H and O–H groups in total. The topological polar surface area (TPSA) is 40.5 Å². The zero-order valence-electron chi connectivity index (χ0n) is 8.33. The number of likely N-dealkylation sites (N-methyl/N-ethyl adjacent to an activating group) is 1. The third-order valence-corrected chi connectivity index (χ3v) is 2.77. The second-order valence-electron chi connectivity index (χ2n) is 3.87. The Bertz CT molecular complexity index is 170. The van der Waals surface area contributed by atoms with Crippen LogP contribution in [0.1, 0.15) is 25.7 Å². The van der Waals surface area contributed by atoms with Crippen LogP contribution in [0.15, 0.2) is 0 Å². The van der Waals surface area contributed by atoms with E-state index in [4.69, 9.17) is 5.11 Å². The molecule has 3 nitrogen and oxygen atoms in total. The molecule has 1 aliphatic carbocycles. The van der Waals surface area contributed by atoms with Gasteiger partial charge in [0.1, 0.15) is 5.78 Å². The van der Waals surface area contributed by atoms with Gasteiger partial charge in [-0.25, -0.2) is 0 Å². The molecule has 1 rings (SSSR count). The van der Waals surface area contributed by atoms with Crippen LogP contribution in [0.4, 0.5) is 0 Å². The molecule has 1 saturated carbocycles. The predicted molar refractivity (Wildman–Crippen MR) is 51.5 cm³/mol. The van der Waals surface area contributed by atoms with Crippen LogP contribution in [0, 0.1) is 5.92 Å². The normalized spacial score (nSPS) is 23.0. The van der Waals surface area contributed by atoms with E-state index in [1.807, 2.05) is 7.05 Å². The van der Waals surface area contributed by atoms with Gasteiger partial charge in [0.15, 0.2) is 0 Å². The summed E-state index contributed by atoms with van der Waals surface area (Å²) in [5.41, 5.74) is 0. The van der Waals surface area contributed by atoms with Gasteiger partial charge in [0.25, 0.3) is 0 Å². The summed E-state index contributed by atoms with van der Waals surface area (Å²) in [7, 11) is 1.98. The zero-order chi connectivity index (χ0) is 9.68. The predicted octanol–water partition coefficient (Wildman–Crippen LogP) is 0.670. The summed E-state index contributed by atoms with van der Waals surface area (Å²) in [5.74, 6) is 0.749. The molecule has 13 heavy (non-hydrogen) atoms. The number of aliphatic hydroxyl groups is 1. The average Bonchev–Trinajstić information content (AvgIpc) is 2.48. The summed E-state index contributed by atoms with van der Waals surface area (Å²) in [6.07, 6.45) is 3.91. The number of carbonyl (C=O) groups excluding carboxylic acids is 1. The van der Waals surface area contributed by atoms with Crippen LogP contribution in [0.3, 0.4) is 0 Å². The van der Waals surface area contributed by atoms with Gasteiger partial charge in [0.05, 0.1) is 6.61 Å². The number of hydrogen-bond donors (Lipinski definition) is 1. The van der Waals surface area contributed by atoms with Gasteiger partial charge in [-0.2, -0.15) is 0 Å². The van der Waals surface area contributed by atoms with E-state index in [9.17, 15) is 4.79 Å². The van der Waals surface area contributed by atoms with Crippen molar-refractivity contribution in [3.05, 3.63) is 0 Å². The molecule has 0 heterocycles. The third kappa shape index (κ3) is 3.44. The quantitative estimate of drug-likeness (QED) is 0.684. The fourth-order valence-electron chi connectivity index (χ4n) is 1.85. The van der Waals surface area contributed by atoms with Gasteiger partial charge >= 0.3 is 0 Å². The summed E-state index contributed by atoms with van der Waals surface area (Å²) < 4.78 is 0. The first-order chi connectivity index (χ1) is 6.24. The van der Waals surface area contributed by atoms with Crippen molar-refractivity contribution in [3.8, 4) is 0 Å². The summed E-state index contributed by atoms with van der Waals surface area (Å²) >= 11 is 0. The van der Waals surface area contributed by atoms with E-state index in [1.165, 1.54) is 0 Å². The van der Waals surface area contributed by atoms with Crippen molar-refractivity contribution in [1.82, 2.24) is 4.90 Å². The number of carbonyl (C=O) groups is 1. The lowest BCUT2D eigenvalue weighted by molar-refractivity contribution is -0.120. The van der Waals surface area contributed by atoms with Crippen molar-refractivity contribution in [1.29, 1.82) is 0 Å². The van der Waals surface area contributed by atoms with E-state index in [1.54, 1.807) is 0 Å². The van der Waals surface area contributed by atoms with Gasteiger partial charge < -0.3 is 10.0 Å². The fourth-order valence-corrected chi connectivity index (χ4v) is 1.85. The molecule has 1 aliphatic rings. The zero-order valence-corrected chi connectivity index (χ0v) is 8.33. The van der Waals surface area contributed by atoms with Crippen molar-refractivity contribution < 1.29 is 9.90 Å². The molecule has 0 aromatic heterocycles. The van der Waals surface area contributed by atoms with Gasteiger partial charge in [-0.05, 0) is 32.9 Å². The molecule has 1 fully saturated rings. The lowest BCUT2D eigenvalue weighted by atomic mass is 10.0. The highest BCUT2D eigenvalue weighted by molar-refractivity contribution is 5.82. The van der Waals surface area contributed by atoms with Crippen molar-refractivity contribution in [2.75, 3.05) is 26.7 Å². The lowest BCUT2D eigenvalue weighted by Gasteiger charge is -2.16. The largest absolute Gasteiger partial charge is 0.395 e. The minimum Gasteiger partial charge on any atom is -0.395 e. The molecule has 0 aromatic rings. The number of ketones is 1. The Morgan fingerprint density at radius 1 is 1.54 bits per heavy atom. The maximum absolute atomic E-state index is 11.3. The maximum atomic E-state index is 11.3. The molecule has 0 spiro atoms. The van der Waals surface area contributed by atoms with Crippen LogP contribution in [-0.4, -0.2) is 42.5 Å². The molecule has 0 bridgehead atoms. The van der Waals surface area contributed by atoms with Crippen LogP contribution >= 0.6 is 0 Å². The van der Waals surface area contributed by atoms with Crippen molar-refractivity contribution in [2.45, 2.75) is 25.7 Å². The first-order valence-electron chi connectivity index (χ1n) is 5.06. The Morgan fingerprint density at radius 2 is 2.31 bits per heavy atom. The highest BCUT2D eigenvalue weighted by atomic mass is 16.3. The second-order valence-corrected chi connectivity index (χ2v) is 3.87. The van der Waals surface area contributed by atoms with E-state index in [-0.39, 0.29) is 6.61 Å². The third-order valence-electron chi connectivity index (χ3n) is 2.77. The highest BCUT2D eigenvalue weighted by Gasteiger charge is 2.23. The summed E-state index contributed by atoms with van der Waals surface area (Å²) in [4.78, 5) is 13.4. The molecule has 0 aromatic carbocycles. The number of Topliss-reactive ketones (excluding diaryl/α,β-unsaturated/α-hetero) is 1. The molecule has 76 valence electrons. The van der Waals surface area contributed by atoms with Gasteiger partial charge in [0.2, 0.25) is 0 Å². The Hall–Kier alpha value is -0.410. The molecular formula is C10H19NO2. The first kappa shape index (κ1) is 10.7. The molecular weight excluding hydrogens is 166 g/mol. The van der Waals surface area contributed by atoms with Crippen molar-refractivity contribution >= 4 is 5.78 Å². The number of aliphatic hydroxyl groups excluding tert-OH is 1. The molecule has 1 unspecified atom stereocenters. The van der Waals surface area contributed by atoms with Crippen LogP contribution < -0.4 is 0 Å². The average molecular weight is 185 g/mol. The minimum atomic E-state index is 0.203. The molecule has 0 radical (unpaired) electrons. The fraction of sp³-hybridized carbons (Fsp3) is 0.900. The van der Waals surface area contributed by atoms with E-state index in [0.29, 0.717) is 18.2 Å². The molecule has 1 atom stereocenters. The Balaban J connectivity index is 2.14. The Labute approximate surface area is 79.7 Å². The summed E-state index contributed by atoms with van der Waals surface area (Å²) in [5, 5.41) is 8.67. The minimum absolute atomic E-state index is 0.203. The van der Waals surface area contributed by atoms with E-state index in [0.717, 1.165) is 32.2 Å². The lowest BCUT2D eigenvalue weighted by Crippen LogP contribution is -2.25. The summed E-state index contributed by atoms with van der Waals surface area (Å²) in [6.45, 7) is 1.84. The van der Waals surface area contributed by atoms with Crippen LogP contribution in [-0.2, 0) is 4.79 Å². The first-order valence-corrected chi connectivity index (χ1v) is 5.06. The van der Waals surface area contributed by atoms with Crippen molar-refractivity contribution in [2.24, 2.45) is 5.92 Å². The van der Waals surface area contributed by atoms with E-state index >= 15 is 0 Å². The van der Waals surface area contributed by atoms with Gasteiger partial charge in [-0.15, -0.1) is 0 Å². The number of rotatable bonds is 5.